The number of aromatic carboxylic acids is 1. The number of rotatable bonds is 4. The van der Waals surface area contributed by atoms with E-state index in [-0.39, 0.29) is 5.56 Å². The van der Waals surface area contributed by atoms with E-state index in [0.717, 1.165) is 5.56 Å². The van der Waals surface area contributed by atoms with Crippen molar-refractivity contribution in [2.45, 2.75) is 10.8 Å². The molecule has 0 saturated carbocycles. The summed E-state index contributed by atoms with van der Waals surface area (Å²) in [5.41, 5.74) is 0.881. The molecule has 2 heterocycles. The van der Waals surface area contributed by atoms with E-state index < -0.39 is 11.9 Å². The van der Waals surface area contributed by atoms with E-state index in [9.17, 15) is 9.18 Å². The lowest BCUT2D eigenvalue weighted by atomic mass is 10.3. The Balaban J connectivity index is 2.13. The highest BCUT2D eigenvalue weighted by atomic mass is 32.2. The van der Waals surface area contributed by atoms with Crippen molar-refractivity contribution in [1.29, 1.82) is 0 Å². The number of pyridine rings is 2. The first-order chi connectivity index (χ1) is 8.66. The first-order valence-corrected chi connectivity index (χ1v) is 6.07. The summed E-state index contributed by atoms with van der Waals surface area (Å²) in [6, 6.07) is 6.06. The van der Waals surface area contributed by atoms with E-state index >= 15 is 0 Å². The summed E-state index contributed by atoms with van der Waals surface area (Å²) in [6.45, 7) is 0. The molecule has 0 atom stereocenters. The minimum absolute atomic E-state index is 0.150. The number of halogens is 1. The summed E-state index contributed by atoms with van der Waals surface area (Å²) in [5, 5.41) is 9.40. The third-order valence-corrected chi connectivity index (χ3v) is 3.24. The van der Waals surface area contributed by atoms with Gasteiger partial charge in [-0.3, -0.25) is 0 Å². The van der Waals surface area contributed by atoms with E-state index in [1.54, 1.807) is 12.1 Å². The van der Waals surface area contributed by atoms with Gasteiger partial charge in [0.05, 0.1) is 5.56 Å². The highest BCUT2D eigenvalue weighted by Gasteiger charge is 2.11. The van der Waals surface area contributed by atoms with Crippen LogP contribution in [-0.2, 0) is 5.75 Å². The second-order valence-electron chi connectivity index (χ2n) is 3.44. The summed E-state index contributed by atoms with van der Waals surface area (Å²) in [5.74, 6) is -1.13. The summed E-state index contributed by atoms with van der Waals surface area (Å²) in [7, 11) is 0. The second kappa shape index (κ2) is 5.59. The molecule has 6 heteroatoms. The van der Waals surface area contributed by atoms with Gasteiger partial charge < -0.3 is 5.11 Å². The van der Waals surface area contributed by atoms with Gasteiger partial charge in [0.2, 0.25) is 5.95 Å². The lowest BCUT2D eigenvalue weighted by molar-refractivity contribution is 0.0692. The van der Waals surface area contributed by atoms with Gasteiger partial charge in [0, 0.05) is 18.1 Å². The molecule has 0 radical (unpaired) electrons. The third-order valence-electron chi connectivity index (χ3n) is 2.17. The molecule has 0 aliphatic carbocycles. The monoisotopic (exact) mass is 264 g/mol. The lowest BCUT2D eigenvalue weighted by Crippen LogP contribution is -2.00. The maximum atomic E-state index is 12.9. The molecule has 0 saturated heterocycles. The number of aromatic nitrogens is 2. The average Bonchev–Trinajstić information content (AvgIpc) is 2.37. The first-order valence-electron chi connectivity index (χ1n) is 5.08. The Labute approximate surface area is 107 Å². The zero-order chi connectivity index (χ0) is 13.0. The summed E-state index contributed by atoms with van der Waals surface area (Å²) in [6.07, 6.45) is 2.91. The molecule has 2 aromatic heterocycles. The van der Waals surface area contributed by atoms with Gasteiger partial charge in [0.25, 0.3) is 0 Å². The van der Waals surface area contributed by atoms with Crippen molar-refractivity contribution in [3.63, 3.8) is 0 Å². The molecule has 2 rings (SSSR count). The number of carboxylic acids is 1. The Bertz CT molecular complexity index is 578. The predicted octanol–water partition coefficient (Wildman–Crippen LogP) is 2.61. The minimum atomic E-state index is -1.02. The van der Waals surface area contributed by atoms with Crippen molar-refractivity contribution in [2.24, 2.45) is 0 Å². The lowest BCUT2D eigenvalue weighted by Gasteiger charge is -2.04. The van der Waals surface area contributed by atoms with Gasteiger partial charge in [-0.25, -0.2) is 14.8 Å². The van der Waals surface area contributed by atoms with Crippen LogP contribution in [0.25, 0.3) is 0 Å². The smallest absolute Gasteiger partial charge is 0.338 e. The Morgan fingerprint density at radius 2 is 2.17 bits per heavy atom. The van der Waals surface area contributed by atoms with Gasteiger partial charge in [-0.2, -0.15) is 4.39 Å². The molecule has 92 valence electrons. The van der Waals surface area contributed by atoms with Crippen LogP contribution in [-0.4, -0.2) is 21.0 Å². The van der Waals surface area contributed by atoms with Crippen LogP contribution in [0.1, 0.15) is 15.9 Å². The van der Waals surface area contributed by atoms with Crippen LogP contribution in [0.5, 0.6) is 0 Å². The summed E-state index contributed by atoms with van der Waals surface area (Å²) >= 11 is 1.25. The van der Waals surface area contributed by atoms with Crippen LogP contribution >= 0.6 is 11.8 Å². The number of hydrogen-bond acceptors (Lipinski definition) is 4. The molecule has 0 aliphatic rings. The van der Waals surface area contributed by atoms with Crippen molar-refractivity contribution in [3.8, 4) is 0 Å². The molecule has 0 amide bonds. The van der Waals surface area contributed by atoms with Crippen LogP contribution in [0.4, 0.5) is 4.39 Å². The molecule has 18 heavy (non-hydrogen) atoms. The van der Waals surface area contributed by atoms with Gasteiger partial charge in [-0.1, -0.05) is 0 Å². The molecule has 1 N–H and O–H groups in total. The first kappa shape index (κ1) is 12.5. The van der Waals surface area contributed by atoms with Crippen molar-refractivity contribution in [2.75, 3.05) is 0 Å². The number of carbonyl (C=O) groups is 1. The molecule has 2 aromatic rings. The highest BCUT2D eigenvalue weighted by Crippen LogP contribution is 2.24. The van der Waals surface area contributed by atoms with Crippen LogP contribution < -0.4 is 0 Å². The minimum Gasteiger partial charge on any atom is -0.478 e. The highest BCUT2D eigenvalue weighted by molar-refractivity contribution is 7.98. The fourth-order valence-electron chi connectivity index (χ4n) is 1.35. The number of hydrogen-bond donors (Lipinski definition) is 1. The molecule has 0 spiro atoms. The van der Waals surface area contributed by atoms with Crippen LogP contribution in [0.15, 0.2) is 41.7 Å². The van der Waals surface area contributed by atoms with E-state index in [0.29, 0.717) is 10.8 Å². The van der Waals surface area contributed by atoms with E-state index in [4.69, 9.17) is 5.11 Å². The zero-order valence-corrected chi connectivity index (χ0v) is 10.0. The van der Waals surface area contributed by atoms with E-state index in [1.165, 1.54) is 36.3 Å². The fourth-order valence-corrected chi connectivity index (χ4v) is 2.28. The molecule has 0 bridgehead atoms. The quantitative estimate of drug-likeness (QED) is 0.679. The largest absolute Gasteiger partial charge is 0.478 e. The third kappa shape index (κ3) is 3.04. The fraction of sp³-hybridized carbons (Fsp3) is 0.0833. The topological polar surface area (TPSA) is 63.1 Å². The van der Waals surface area contributed by atoms with Crippen LogP contribution in [0.3, 0.4) is 0 Å². The van der Waals surface area contributed by atoms with Crippen molar-refractivity contribution in [3.05, 3.63) is 53.7 Å². The van der Waals surface area contributed by atoms with Crippen LogP contribution in [0.2, 0.25) is 0 Å². The van der Waals surface area contributed by atoms with Crippen LogP contribution in [0, 0.1) is 5.95 Å². The van der Waals surface area contributed by atoms with Crippen molar-refractivity contribution < 1.29 is 14.3 Å². The number of nitrogens with zero attached hydrogens (tertiary/aromatic N) is 2. The molecular formula is C12H9FN2O2S. The number of carboxylic acid groups (broad SMARTS) is 1. The SMILES string of the molecule is O=C(O)c1cccnc1SCc1ccnc(F)c1. The Morgan fingerprint density at radius 3 is 2.89 bits per heavy atom. The van der Waals surface area contributed by atoms with E-state index in [1.807, 2.05) is 0 Å². The molecule has 0 aliphatic heterocycles. The van der Waals surface area contributed by atoms with Gasteiger partial charge in [-0.15, -0.1) is 11.8 Å². The Hall–Kier alpha value is -1.95. The molecular weight excluding hydrogens is 255 g/mol. The van der Waals surface area contributed by atoms with Gasteiger partial charge in [0.15, 0.2) is 0 Å². The molecule has 4 nitrogen and oxygen atoms in total. The maximum Gasteiger partial charge on any atom is 0.338 e. The summed E-state index contributed by atoms with van der Waals surface area (Å²) < 4.78 is 12.9. The van der Waals surface area contributed by atoms with E-state index in [2.05, 4.69) is 9.97 Å². The van der Waals surface area contributed by atoms with Crippen molar-refractivity contribution in [1.82, 2.24) is 9.97 Å². The Kier molecular flexibility index (Phi) is 3.88. The molecule has 0 unspecified atom stereocenters. The Morgan fingerprint density at radius 1 is 1.33 bits per heavy atom. The predicted molar refractivity (Wildman–Crippen MR) is 65.0 cm³/mol. The molecule has 0 aromatic carbocycles. The van der Waals surface area contributed by atoms with Gasteiger partial charge >= 0.3 is 5.97 Å². The van der Waals surface area contributed by atoms with Gasteiger partial charge in [0.1, 0.15) is 5.03 Å². The number of thioether (sulfide) groups is 1. The maximum absolute atomic E-state index is 12.9. The zero-order valence-electron chi connectivity index (χ0n) is 9.21. The van der Waals surface area contributed by atoms with Gasteiger partial charge in [-0.05, 0) is 29.8 Å². The standard InChI is InChI=1S/C12H9FN2O2S/c13-10-6-8(3-5-14-10)7-18-11-9(12(16)17)2-1-4-15-11/h1-6H,7H2,(H,16,17). The average molecular weight is 264 g/mol. The summed E-state index contributed by atoms with van der Waals surface area (Å²) in [4.78, 5) is 18.4. The molecule has 0 fully saturated rings. The normalized spacial score (nSPS) is 10.3. The second-order valence-corrected chi connectivity index (χ2v) is 4.40. The van der Waals surface area contributed by atoms with Crippen molar-refractivity contribution >= 4 is 17.7 Å².